The lowest BCUT2D eigenvalue weighted by molar-refractivity contribution is 0.344. The fourth-order valence-electron chi connectivity index (χ4n) is 1.43. The molecule has 0 saturated carbocycles. The molecule has 0 aliphatic carbocycles. The molecule has 0 aromatic heterocycles. The molecule has 0 aliphatic rings. The van der Waals surface area contributed by atoms with E-state index in [1.54, 1.807) is 0 Å². The molecular weight excluding hydrogens is 344 g/mol. The fraction of sp³-hybridized carbons (Fsp3) is 0. The molecule has 2 N–H and O–H groups in total. The van der Waals surface area contributed by atoms with Crippen molar-refractivity contribution in [1.29, 1.82) is 0 Å². The van der Waals surface area contributed by atoms with Crippen LogP contribution in [0.4, 0.5) is 0 Å². The van der Waals surface area contributed by atoms with E-state index in [9.17, 15) is 16.8 Å². The molecule has 2 aromatic carbocycles. The Kier molecular flexibility index (Phi) is 7.07. The standard InChI is InChI=1S/C14H12.H2O7S2/c1-3-7-13(8-4-1)11-12-14-9-5-2-6-10-14;1-8(2,3)7-9(4,5)6/h1-12H;(H,1,2,3)(H,4,5,6)/b12-11+;. The molecule has 2 rings (SSSR count). The van der Waals surface area contributed by atoms with Crippen LogP contribution < -0.4 is 0 Å². The summed E-state index contributed by atoms with van der Waals surface area (Å²) in [7, 11) is -10.2. The van der Waals surface area contributed by atoms with E-state index in [-0.39, 0.29) is 0 Å². The smallest absolute Gasteiger partial charge is 0.263 e. The normalized spacial score (nSPS) is 11.7. The summed E-state index contributed by atoms with van der Waals surface area (Å²) in [4.78, 5) is 0. The highest BCUT2D eigenvalue weighted by Crippen LogP contribution is 2.06. The lowest BCUT2D eigenvalue weighted by Gasteiger charge is -1.92. The quantitative estimate of drug-likeness (QED) is 0.636. The van der Waals surface area contributed by atoms with Gasteiger partial charge in [0.1, 0.15) is 0 Å². The molecule has 9 heteroatoms. The Balaban J connectivity index is 0.000000257. The van der Waals surface area contributed by atoms with Crippen molar-refractivity contribution in [2.24, 2.45) is 0 Å². The van der Waals surface area contributed by atoms with Gasteiger partial charge in [0.05, 0.1) is 0 Å². The van der Waals surface area contributed by atoms with Gasteiger partial charge in [-0.25, -0.2) is 0 Å². The van der Waals surface area contributed by atoms with Gasteiger partial charge in [-0.05, 0) is 11.1 Å². The molecular formula is C14H14O7S2. The Bertz CT molecular complexity index is 756. The van der Waals surface area contributed by atoms with E-state index in [4.69, 9.17) is 9.11 Å². The fourth-order valence-corrected chi connectivity index (χ4v) is 2.30. The number of benzene rings is 2. The molecule has 0 heterocycles. The molecule has 0 unspecified atom stereocenters. The maximum Gasteiger partial charge on any atom is 0.413 e. The van der Waals surface area contributed by atoms with Crippen molar-refractivity contribution in [3.63, 3.8) is 0 Å². The van der Waals surface area contributed by atoms with Crippen LogP contribution in [0.15, 0.2) is 60.7 Å². The van der Waals surface area contributed by atoms with E-state index in [1.165, 1.54) is 11.1 Å². The third kappa shape index (κ3) is 10.3. The predicted octanol–water partition coefficient (Wildman–Crippen LogP) is 2.47. The third-order valence-electron chi connectivity index (χ3n) is 2.24. The first kappa shape index (κ1) is 19.0. The van der Waals surface area contributed by atoms with Gasteiger partial charge in [-0.3, -0.25) is 9.11 Å². The molecule has 0 bridgehead atoms. The number of rotatable bonds is 4. The van der Waals surface area contributed by atoms with Gasteiger partial charge in [0.15, 0.2) is 0 Å². The first-order valence-corrected chi connectivity index (χ1v) is 8.83. The highest BCUT2D eigenvalue weighted by Gasteiger charge is 2.15. The number of hydrogen-bond donors (Lipinski definition) is 2. The van der Waals surface area contributed by atoms with Crippen LogP contribution in [-0.2, 0) is 24.4 Å². The van der Waals surface area contributed by atoms with E-state index in [0.29, 0.717) is 0 Å². The van der Waals surface area contributed by atoms with Crippen LogP contribution in [0.1, 0.15) is 11.1 Å². The minimum absolute atomic E-state index is 1.23. The molecule has 0 spiro atoms. The van der Waals surface area contributed by atoms with Crippen LogP contribution in [0.3, 0.4) is 0 Å². The molecule has 23 heavy (non-hydrogen) atoms. The summed E-state index contributed by atoms with van der Waals surface area (Å²) < 4.78 is 55.6. The Hall–Kier alpha value is -2.04. The zero-order valence-electron chi connectivity index (χ0n) is 11.7. The van der Waals surface area contributed by atoms with Crippen molar-refractivity contribution in [2.45, 2.75) is 0 Å². The minimum atomic E-state index is -5.12. The maximum atomic E-state index is 9.44. The van der Waals surface area contributed by atoms with E-state index in [2.05, 4.69) is 40.0 Å². The first-order valence-electron chi connectivity index (χ1n) is 6.10. The average Bonchev–Trinajstić information content (AvgIpc) is 2.44. The summed E-state index contributed by atoms with van der Waals surface area (Å²) in [6, 6.07) is 20.6. The largest absolute Gasteiger partial charge is 0.413 e. The van der Waals surface area contributed by atoms with Gasteiger partial charge in [0.2, 0.25) is 0 Å². The van der Waals surface area contributed by atoms with Gasteiger partial charge >= 0.3 is 20.8 Å². The Morgan fingerprint density at radius 3 is 1.17 bits per heavy atom. The van der Waals surface area contributed by atoms with Gasteiger partial charge in [-0.2, -0.15) is 16.8 Å². The van der Waals surface area contributed by atoms with Crippen molar-refractivity contribution in [3.8, 4) is 0 Å². The maximum absolute atomic E-state index is 9.44. The molecule has 0 amide bonds. The number of hydrogen-bond acceptors (Lipinski definition) is 5. The van der Waals surface area contributed by atoms with Crippen LogP contribution in [0.25, 0.3) is 12.2 Å². The summed E-state index contributed by atoms with van der Waals surface area (Å²) in [6.07, 6.45) is 4.24. The molecule has 0 radical (unpaired) electrons. The summed E-state index contributed by atoms with van der Waals surface area (Å²) >= 11 is 0. The zero-order chi connectivity index (χ0) is 17.3. The summed E-state index contributed by atoms with van der Waals surface area (Å²) in [5.41, 5.74) is 2.47. The van der Waals surface area contributed by atoms with E-state index >= 15 is 0 Å². The molecule has 0 fully saturated rings. The van der Waals surface area contributed by atoms with Gasteiger partial charge in [0.25, 0.3) is 0 Å². The van der Waals surface area contributed by atoms with Crippen LogP contribution >= 0.6 is 0 Å². The van der Waals surface area contributed by atoms with Gasteiger partial charge in [0, 0.05) is 0 Å². The van der Waals surface area contributed by atoms with Crippen molar-refractivity contribution in [2.75, 3.05) is 0 Å². The average molecular weight is 358 g/mol. The topological polar surface area (TPSA) is 118 Å². The molecule has 124 valence electrons. The highest BCUT2D eigenvalue weighted by atomic mass is 32.3. The van der Waals surface area contributed by atoms with Crippen molar-refractivity contribution in [1.82, 2.24) is 0 Å². The Labute approximate surface area is 134 Å². The summed E-state index contributed by atoms with van der Waals surface area (Å²) in [5, 5.41) is 0. The Morgan fingerprint density at radius 2 is 0.957 bits per heavy atom. The SMILES string of the molecule is C(=C\c1ccccc1)/c1ccccc1.O=S(=O)(O)OS(=O)(=O)O. The van der Waals surface area contributed by atoms with Gasteiger partial charge < -0.3 is 0 Å². The van der Waals surface area contributed by atoms with E-state index in [0.717, 1.165) is 0 Å². The predicted molar refractivity (Wildman–Crippen MR) is 86.0 cm³/mol. The third-order valence-corrected chi connectivity index (χ3v) is 3.62. The first-order chi connectivity index (χ1) is 10.7. The molecule has 0 aliphatic heterocycles. The van der Waals surface area contributed by atoms with E-state index in [1.807, 2.05) is 36.4 Å². The van der Waals surface area contributed by atoms with Gasteiger partial charge in [-0.15, -0.1) is 3.63 Å². The van der Waals surface area contributed by atoms with Crippen LogP contribution in [-0.4, -0.2) is 25.9 Å². The second-order valence-corrected chi connectivity index (χ2v) is 6.33. The lowest BCUT2D eigenvalue weighted by Crippen LogP contribution is -2.10. The molecule has 0 saturated heterocycles. The van der Waals surface area contributed by atoms with Crippen molar-refractivity contribution >= 4 is 33.0 Å². The molecule has 2 aromatic rings. The van der Waals surface area contributed by atoms with Crippen LogP contribution in [0.2, 0.25) is 0 Å². The van der Waals surface area contributed by atoms with Crippen LogP contribution in [0, 0.1) is 0 Å². The summed E-state index contributed by atoms with van der Waals surface area (Å²) in [6.45, 7) is 0. The van der Waals surface area contributed by atoms with Gasteiger partial charge in [-0.1, -0.05) is 72.8 Å². The van der Waals surface area contributed by atoms with Crippen LogP contribution in [0.5, 0.6) is 0 Å². The minimum Gasteiger partial charge on any atom is -0.263 e. The van der Waals surface area contributed by atoms with Crippen molar-refractivity contribution in [3.05, 3.63) is 71.8 Å². The molecule has 0 atom stereocenters. The lowest BCUT2D eigenvalue weighted by atomic mass is 10.1. The second kappa shape index (κ2) is 8.56. The molecule has 7 nitrogen and oxygen atoms in total. The Morgan fingerprint density at radius 1 is 0.652 bits per heavy atom. The zero-order valence-corrected chi connectivity index (χ0v) is 13.3. The van der Waals surface area contributed by atoms with E-state index < -0.39 is 20.8 Å². The monoisotopic (exact) mass is 358 g/mol. The summed E-state index contributed by atoms with van der Waals surface area (Å²) in [5.74, 6) is 0. The van der Waals surface area contributed by atoms with Crippen molar-refractivity contribution < 1.29 is 29.6 Å². The highest BCUT2D eigenvalue weighted by molar-refractivity contribution is 7.94. The second-order valence-electron chi connectivity index (χ2n) is 4.08.